The second kappa shape index (κ2) is 7.09. The summed E-state index contributed by atoms with van der Waals surface area (Å²) in [7, 11) is 0. The number of nitrogens with zero attached hydrogens (tertiary/aromatic N) is 1. The molecule has 0 amide bonds. The van der Waals surface area contributed by atoms with Crippen LogP contribution in [0.25, 0.3) is 11.1 Å². The third-order valence-electron chi connectivity index (χ3n) is 2.75. The Kier molecular flexibility index (Phi) is 5.16. The summed E-state index contributed by atoms with van der Waals surface area (Å²) >= 11 is 5.85. The van der Waals surface area contributed by atoms with E-state index in [0.29, 0.717) is 10.6 Å². The van der Waals surface area contributed by atoms with Crippen LogP contribution in [0.3, 0.4) is 0 Å². The Morgan fingerprint density at radius 1 is 1.09 bits per heavy atom. The fraction of sp³-hybridized carbons (Fsp3) is 0.267. The minimum atomic E-state index is -0.699. The predicted octanol–water partition coefficient (Wildman–Crippen LogP) is 3.35. The van der Waals surface area contributed by atoms with Gasteiger partial charge in [-0.05, 0) is 31.5 Å². The van der Waals surface area contributed by atoms with Crippen LogP contribution in [-0.4, -0.2) is 30.3 Å². The Labute approximate surface area is 131 Å². The van der Waals surface area contributed by atoms with Crippen LogP contribution in [-0.2, 0) is 9.47 Å². The number of rotatable bonds is 5. The summed E-state index contributed by atoms with van der Waals surface area (Å²) in [6, 6.07) is 6.57. The molecule has 1 heterocycles. The third kappa shape index (κ3) is 3.28. The lowest BCUT2D eigenvalue weighted by atomic mass is 10.0. The zero-order valence-corrected chi connectivity index (χ0v) is 12.8. The molecular formula is C15H14ClNO5. The van der Waals surface area contributed by atoms with E-state index < -0.39 is 11.9 Å². The molecule has 0 atom stereocenters. The number of carbonyl (C=O) groups excluding carboxylic acids is 2. The normalized spacial score (nSPS) is 10.3. The number of halogens is 1. The van der Waals surface area contributed by atoms with Crippen LogP contribution in [0.2, 0.25) is 5.02 Å². The van der Waals surface area contributed by atoms with Crippen LogP contribution in [0.15, 0.2) is 28.8 Å². The van der Waals surface area contributed by atoms with E-state index in [2.05, 4.69) is 5.16 Å². The quantitative estimate of drug-likeness (QED) is 0.785. The molecule has 6 nitrogen and oxygen atoms in total. The molecule has 0 N–H and O–H groups in total. The number of ether oxygens (including phenoxy) is 2. The summed E-state index contributed by atoms with van der Waals surface area (Å²) < 4.78 is 14.8. The van der Waals surface area contributed by atoms with Gasteiger partial charge in [-0.15, -0.1) is 0 Å². The largest absolute Gasteiger partial charge is 0.461 e. The molecular weight excluding hydrogens is 310 g/mol. The van der Waals surface area contributed by atoms with Gasteiger partial charge in [-0.3, -0.25) is 0 Å². The number of benzene rings is 1. The van der Waals surface area contributed by atoms with Crippen LogP contribution in [0.4, 0.5) is 0 Å². The van der Waals surface area contributed by atoms with Gasteiger partial charge in [0.25, 0.3) is 5.76 Å². The predicted molar refractivity (Wildman–Crippen MR) is 78.9 cm³/mol. The van der Waals surface area contributed by atoms with E-state index in [1.165, 1.54) is 0 Å². The van der Waals surface area contributed by atoms with Gasteiger partial charge in [-0.2, -0.15) is 0 Å². The van der Waals surface area contributed by atoms with E-state index in [1.807, 2.05) is 0 Å². The van der Waals surface area contributed by atoms with Crippen molar-refractivity contribution in [3.05, 3.63) is 40.7 Å². The molecule has 0 saturated heterocycles. The van der Waals surface area contributed by atoms with Crippen molar-refractivity contribution in [1.82, 2.24) is 5.16 Å². The molecule has 0 aliphatic heterocycles. The lowest BCUT2D eigenvalue weighted by Crippen LogP contribution is -2.09. The molecule has 1 aromatic heterocycles. The van der Waals surface area contributed by atoms with Gasteiger partial charge in [-0.1, -0.05) is 28.9 Å². The van der Waals surface area contributed by atoms with Gasteiger partial charge in [0.1, 0.15) is 0 Å². The van der Waals surface area contributed by atoms with Gasteiger partial charge < -0.3 is 14.0 Å². The van der Waals surface area contributed by atoms with Gasteiger partial charge in [0.15, 0.2) is 5.69 Å². The summed E-state index contributed by atoms with van der Waals surface area (Å²) in [4.78, 5) is 23.9. The summed E-state index contributed by atoms with van der Waals surface area (Å²) in [6.45, 7) is 3.70. The highest BCUT2D eigenvalue weighted by atomic mass is 35.5. The van der Waals surface area contributed by atoms with Crippen LogP contribution >= 0.6 is 11.6 Å². The Morgan fingerprint density at radius 3 is 2.27 bits per heavy atom. The maximum absolute atomic E-state index is 12.0. The first kappa shape index (κ1) is 16.0. The maximum Gasteiger partial charge on any atom is 0.377 e. The zero-order chi connectivity index (χ0) is 16.1. The lowest BCUT2D eigenvalue weighted by Gasteiger charge is -2.04. The van der Waals surface area contributed by atoms with Crippen LogP contribution < -0.4 is 0 Å². The van der Waals surface area contributed by atoms with Gasteiger partial charge in [-0.25, -0.2) is 9.59 Å². The topological polar surface area (TPSA) is 78.6 Å². The summed E-state index contributed by atoms with van der Waals surface area (Å²) in [5.74, 6) is -1.52. The summed E-state index contributed by atoms with van der Waals surface area (Å²) in [6.07, 6.45) is 0. The van der Waals surface area contributed by atoms with E-state index in [9.17, 15) is 9.59 Å². The SMILES string of the molecule is CCOC(=O)c1noc(C(=O)OCC)c1-c1ccc(Cl)cc1. The molecule has 22 heavy (non-hydrogen) atoms. The molecule has 1 aromatic carbocycles. The third-order valence-corrected chi connectivity index (χ3v) is 3.01. The Bertz CT molecular complexity index is 642. The van der Waals surface area contributed by atoms with Crippen molar-refractivity contribution in [2.24, 2.45) is 0 Å². The highest BCUT2D eigenvalue weighted by Gasteiger charge is 2.29. The molecule has 2 aromatic rings. The van der Waals surface area contributed by atoms with Gasteiger partial charge in [0.2, 0.25) is 0 Å². The average molecular weight is 324 g/mol. The fourth-order valence-corrected chi connectivity index (χ4v) is 1.98. The first-order chi connectivity index (χ1) is 10.6. The van der Waals surface area contributed by atoms with Gasteiger partial charge in [0, 0.05) is 5.02 Å². The molecule has 0 aliphatic carbocycles. The minimum Gasteiger partial charge on any atom is -0.461 e. The molecule has 0 spiro atoms. The van der Waals surface area contributed by atoms with Crippen molar-refractivity contribution in [3.8, 4) is 11.1 Å². The average Bonchev–Trinajstić information content (AvgIpc) is 2.93. The molecule has 0 fully saturated rings. The number of carbonyl (C=O) groups is 2. The summed E-state index contributed by atoms with van der Waals surface area (Å²) in [5, 5.41) is 4.18. The van der Waals surface area contributed by atoms with Crippen molar-refractivity contribution < 1.29 is 23.6 Å². The molecule has 0 aliphatic rings. The van der Waals surface area contributed by atoms with E-state index in [-0.39, 0.29) is 30.2 Å². The summed E-state index contributed by atoms with van der Waals surface area (Å²) in [5.41, 5.74) is 0.706. The molecule has 0 bridgehead atoms. The molecule has 0 radical (unpaired) electrons. The smallest absolute Gasteiger partial charge is 0.377 e. The van der Waals surface area contributed by atoms with Gasteiger partial charge in [0.05, 0.1) is 18.8 Å². The highest BCUT2D eigenvalue weighted by Crippen LogP contribution is 2.30. The van der Waals surface area contributed by atoms with Crippen molar-refractivity contribution in [2.75, 3.05) is 13.2 Å². The van der Waals surface area contributed by atoms with E-state index in [1.54, 1.807) is 38.1 Å². The van der Waals surface area contributed by atoms with Crippen molar-refractivity contribution >= 4 is 23.5 Å². The molecule has 116 valence electrons. The molecule has 7 heteroatoms. The highest BCUT2D eigenvalue weighted by molar-refractivity contribution is 6.30. The van der Waals surface area contributed by atoms with E-state index >= 15 is 0 Å². The maximum atomic E-state index is 12.0. The first-order valence-electron chi connectivity index (χ1n) is 6.68. The number of hydrogen-bond donors (Lipinski definition) is 0. The number of hydrogen-bond acceptors (Lipinski definition) is 6. The fourth-order valence-electron chi connectivity index (χ4n) is 1.85. The number of esters is 2. The Morgan fingerprint density at radius 2 is 1.68 bits per heavy atom. The number of aromatic nitrogens is 1. The van der Waals surface area contributed by atoms with Crippen molar-refractivity contribution in [3.63, 3.8) is 0 Å². The van der Waals surface area contributed by atoms with Crippen LogP contribution in [0.5, 0.6) is 0 Å². The monoisotopic (exact) mass is 323 g/mol. The van der Waals surface area contributed by atoms with Crippen LogP contribution in [0, 0.1) is 0 Å². The molecule has 2 rings (SSSR count). The van der Waals surface area contributed by atoms with Gasteiger partial charge >= 0.3 is 11.9 Å². The van der Waals surface area contributed by atoms with Crippen LogP contribution in [0.1, 0.15) is 34.9 Å². The molecule has 0 unspecified atom stereocenters. The zero-order valence-electron chi connectivity index (χ0n) is 12.1. The Hall–Kier alpha value is -2.34. The second-order valence-electron chi connectivity index (χ2n) is 4.18. The first-order valence-corrected chi connectivity index (χ1v) is 7.06. The van der Waals surface area contributed by atoms with Crippen molar-refractivity contribution in [2.45, 2.75) is 13.8 Å². The Balaban J connectivity index is 2.54. The minimum absolute atomic E-state index is 0.0766. The lowest BCUT2D eigenvalue weighted by molar-refractivity contribution is 0.0471. The van der Waals surface area contributed by atoms with E-state index in [0.717, 1.165) is 0 Å². The standard InChI is InChI=1S/C15H14ClNO5/c1-3-20-14(18)12-11(9-5-7-10(16)8-6-9)13(22-17-12)15(19)21-4-2/h5-8H,3-4H2,1-2H3. The van der Waals surface area contributed by atoms with Crippen molar-refractivity contribution in [1.29, 1.82) is 0 Å². The van der Waals surface area contributed by atoms with E-state index in [4.69, 9.17) is 25.6 Å². The molecule has 0 saturated carbocycles. The second-order valence-corrected chi connectivity index (χ2v) is 4.62.